The largest absolute Gasteiger partial charge is 0.468 e. The number of carbonyl (C=O) groups excluding carboxylic acids is 3. The molecule has 0 radical (unpaired) electrons. The Kier molecular flexibility index (Phi) is 7.57. The molecule has 0 bridgehead atoms. The van der Waals surface area contributed by atoms with E-state index in [9.17, 15) is 14.4 Å². The first-order chi connectivity index (χ1) is 13.7. The van der Waals surface area contributed by atoms with Gasteiger partial charge >= 0.3 is 12.0 Å². The van der Waals surface area contributed by atoms with Crippen molar-refractivity contribution in [2.45, 2.75) is 52.6 Å². The van der Waals surface area contributed by atoms with Crippen molar-refractivity contribution < 1.29 is 19.1 Å². The number of rotatable bonds is 7. The quantitative estimate of drug-likeness (QED) is 0.431. The standard InChI is InChI=1S/C22H31N3O4/c1-21(2)10-18(11-22(3,14-21)15-23-16-26)24-20(28)25(13-19(27)29-4)12-17-8-6-5-7-9-17/h5-9,18H,10-15H2,1-4H3,(H,24,28). The minimum atomic E-state index is -0.467. The van der Waals surface area contributed by atoms with Crippen LogP contribution in [-0.2, 0) is 20.9 Å². The number of hydrogen-bond donors (Lipinski definition) is 1. The summed E-state index contributed by atoms with van der Waals surface area (Å²) in [6, 6.07) is 9.14. The zero-order chi connectivity index (χ0) is 21.5. The summed E-state index contributed by atoms with van der Waals surface area (Å²) in [5.41, 5.74) is 0.736. The number of esters is 1. The van der Waals surface area contributed by atoms with Crippen LogP contribution in [0.15, 0.2) is 35.3 Å². The first-order valence-corrected chi connectivity index (χ1v) is 9.86. The van der Waals surface area contributed by atoms with Gasteiger partial charge in [-0.3, -0.25) is 4.79 Å². The number of urea groups is 1. The Labute approximate surface area is 172 Å². The van der Waals surface area contributed by atoms with Gasteiger partial charge in [-0.05, 0) is 35.7 Å². The second kappa shape index (κ2) is 9.70. The summed E-state index contributed by atoms with van der Waals surface area (Å²) in [4.78, 5) is 40.7. The van der Waals surface area contributed by atoms with Crippen LogP contribution in [-0.4, -0.2) is 49.2 Å². The van der Waals surface area contributed by atoms with E-state index in [1.54, 1.807) is 6.08 Å². The number of carbonyl (C=O) groups is 2. The maximum Gasteiger partial charge on any atom is 0.325 e. The zero-order valence-corrected chi connectivity index (χ0v) is 17.7. The van der Waals surface area contributed by atoms with Crippen molar-refractivity contribution in [1.29, 1.82) is 0 Å². The number of ether oxygens (including phenoxy) is 1. The monoisotopic (exact) mass is 401 g/mol. The maximum absolute atomic E-state index is 13.0. The molecule has 0 aliphatic heterocycles. The smallest absolute Gasteiger partial charge is 0.325 e. The molecule has 1 fully saturated rings. The van der Waals surface area contributed by atoms with Crippen LogP contribution in [0.1, 0.15) is 45.6 Å². The summed E-state index contributed by atoms with van der Waals surface area (Å²) in [5.74, 6) is -0.467. The zero-order valence-electron chi connectivity index (χ0n) is 17.7. The third-order valence-electron chi connectivity index (χ3n) is 5.35. The lowest BCUT2D eigenvalue weighted by Gasteiger charge is -2.46. The molecule has 7 heteroatoms. The van der Waals surface area contributed by atoms with Gasteiger partial charge in [-0.1, -0.05) is 51.1 Å². The highest BCUT2D eigenvalue weighted by atomic mass is 16.5. The number of nitrogens with one attached hydrogen (secondary N) is 1. The third kappa shape index (κ3) is 7.02. The lowest BCUT2D eigenvalue weighted by Crippen LogP contribution is -2.52. The van der Waals surface area contributed by atoms with Crippen LogP contribution in [0.5, 0.6) is 0 Å². The summed E-state index contributed by atoms with van der Waals surface area (Å²) in [6.45, 7) is 6.98. The molecule has 0 heterocycles. The van der Waals surface area contributed by atoms with E-state index in [0.29, 0.717) is 19.5 Å². The van der Waals surface area contributed by atoms with Crippen LogP contribution in [0.4, 0.5) is 4.79 Å². The van der Waals surface area contributed by atoms with Crippen molar-refractivity contribution in [1.82, 2.24) is 10.2 Å². The van der Waals surface area contributed by atoms with E-state index < -0.39 is 5.97 Å². The van der Waals surface area contributed by atoms with Crippen LogP contribution in [0.3, 0.4) is 0 Å². The van der Waals surface area contributed by atoms with Crippen molar-refractivity contribution in [3.05, 3.63) is 35.9 Å². The van der Waals surface area contributed by atoms with Crippen LogP contribution in [0, 0.1) is 10.8 Å². The molecule has 1 N–H and O–H groups in total. The van der Waals surface area contributed by atoms with Gasteiger partial charge < -0.3 is 15.0 Å². The molecule has 2 amide bonds. The normalized spacial score (nSPS) is 22.8. The molecule has 2 rings (SSSR count). The van der Waals surface area contributed by atoms with Crippen molar-refractivity contribution in [3.63, 3.8) is 0 Å². The molecule has 29 heavy (non-hydrogen) atoms. The van der Waals surface area contributed by atoms with Crippen LogP contribution in [0.25, 0.3) is 0 Å². The average Bonchev–Trinajstić information content (AvgIpc) is 2.65. The van der Waals surface area contributed by atoms with Gasteiger partial charge in [0.1, 0.15) is 6.54 Å². The highest BCUT2D eigenvalue weighted by Gasteiger charge is 2.42. The second-order valence-electron chi connectivity index (χ2n) is 9.03. The SMILES string of the molecule is COC(=O)CN(Cc1ccccc1)C(=O)NC1CC(C)(C)CC(C)(CN=C=O)C1. The number of isocyanates is 1. The van der Waals surface area contributed by atoms with Gasteiger partial charge in [0.25, 0.3) is 0 Å². The minimum Gasteiger partial charge on any atom is -0.468 e. The van der Waals surface area contributed by atoms with E-state index in [1.165, 1.54) is 12.0 Å². The molecule has 0 spiro atoms. The summed E-state index contributed by atoms with van der Waals surface area (Å²) >= 11 is 0. The molecule has 0 saturated heterocycles. The fourth-order valence-electron chi connectivity index (χ4n) is 4.57. The molecule has 1 aromatic rings. The van der Waals surface area contributed by atoms with Crippen LogP contribution in [0.2, 0.25) is 0 Å². The van der Waals surface area contributed by atoms with Crippen molar-refractivity contribution in [2.75, 3.05) is 20.2 Å². The molecule has 1 aliphatic rings. The molecular weight excluding hydrogens is 370 g/mol. The number of benzene rings is 1. The first kappa shape index (κ1) is 22.6. The first-order valence-electron chi connectivity index (χ1n) is 9.86. The van der Waals surface area contributed by atoms with Gasteiger partial charge in [0.05, 0.1) is 13.7 Å². The Morgan fingerprint density at radius 3 is 2.55 bits per heavy atom. The minimum absolute atomic E-state index is 0.00401. The summed E-state index contributed by atoms with van der Waals surface area (Å²) in [5, 5.41) is 3.09. The summed E-state index contributed by atoms with van der Waals surface area (Å²) in [7, 11) is 1.31. The fraction of sp³-hybridized carbons (Fsp3) is 0.591. The highest BCUT2D eigenvalue weighted by molar-refractivity contribution is 5.81. The molecule has 1 saturated carbocycles. The number of nitrogens with zero attached hydrogens (tertiary/aromatic N) is 2. The molecule has 1 aliphatic carbocycles. The fourth-order valence-corrected chi connectivity index (χ4v) is 4.57. The van der Waals surface area contributed by atoms with Gasteiger partial charge in [0.2, 0.25) is 6.08 Å². The van der Waals surface area contributed by atoms with E-state index in [1.807, 2.05) is 30.3 Å². The predicted molar refractivity (Wildman–Crippen MR) is 110 cm³/mol. The number of methoxy groups -OCH3 is 1. The number of hydrogen-bond acceptors (Lipinski definition) is 5. The van der Waals surface area contributed by atoms with Gasteiger partial charge in [-0.25, -0.2) is 14.6 Å². The molecule has 1 aromatic carbocycles. The number of aliphatic imine (C=N–C) groups is 1. The predicted octanol–water partition coefficient (Wildman–Crippen LogP) is 3.29. The van der Waals surface area contributed by atoms with Crippen LogP contribution < -0.4 is 5.32 Å². The molecule has 158 valence electrons. The van der Waals surface area contributed by atoms with Crippen LogP contribution >= 0.6 is 0 Å². The van der Waals surface area contributed by atoms with E-state index in [2.05, 4.69) is 31.1 Å². The second-order valence-corrected chi connectivity index (χ2v) is 9.03. The van der Waals surface area contributed by atoms with E-state index in [-0.39, 0.29) is 29.4 Å². The molecule has 2 atom stereocenters. The lowest BCUT2D eigenvalue weighted by molar-refractivity contribution is -0.141. The van der Waals surface area contributed by atoms with Crippen molar-refractivity contribution in [2.24, 2.45) is 15.8 Å². The molecule has 7 nitrogen and oxygen atoms in total. The van der Waals surface area contributed by atoms with Gasteiger partial charge in [-0.15, -0.1) is 0 Å². The van der Waals surface area contributed by atoms with E-state index >= 15 is 0 Å². The Hall–Kier alpha value is -2.66. The Bertz CT molecular complexity index is 759. The Morgan fingerprint density at radius 2 is 1.93 bits per heavy atom. The number of amides is 2. The average molecular weight is 402 g/mol. The van der Waals surface area contributed by atoms with Gasteiger partial charge in [-0.2, -0.15) is 0 Å². The Morgan fingerprint density at radius 1 is 1.24 bits per heavy atom. The summed E-state index contributed by atoms with van der Waals surface area (Å²) in [6.07, 6.45) is 4.06. The molecule has 2 unspecified atom stereocenters. The third-order valence-corrected chi connectivity index (χ3v) is 5.35. The summed E-state index contributed by atoms with van der Waals surface area (Å²) < 4.78 is 4.76. The van der Waals surface area contributed by atoms with E-state index in [4.69, 9.17) is 4.74 Å². The maximum atomic E-state index is 13.0. The van der Waals surface area contributed by atoms with E-state index in [0.717, 1.165) is 18.4 Å². The van der Waals surface area contributed by atoms with Crippen molar-refractivity contribution in [3.8, 4) is 0 Å². The highest BCUT2D eigenvalue weighted by Crippen LogP contribution is 2.46. The molecule has 0 aromatic heterocycles. The van der Waals surface area contributed by atoms with Gasteiger partial charge in [0.15, 0.2) is 0 Å². The Balaban J connectivity index is 2.13. The van der Waals surface area contributed by atoms with Gasteiger partial charge in [0, 0.05) is 12.6 Å². The topological polar surface area (TPSA) is 88.1 Å². The molecular formula is C22H31N3O4. The van der Waals surface area contributed by atoms with Crippen molar-refractivity contribution >= 4 is 18.1 Å². The lowest BCUT2D eigenvalue weighted by atomic mass is 9.62.